The molecule has 3 heterocycles. The van der Waals surface area contributed by atoms with Gasteiger partial charge in [-0.1, -0.05) is 6.07 Å². The number of hydrogen-bond donors (Lipinski definition) is 3. The summed E-state index contributed by atoms with van der Waals surface area (Å²) in [5.74, 6) is 0.200. The van der Waals surface area contributed by atoms with Crippen LogP contribution in [0.15, 0.2) is 12.1 Å². The van der Waals surface area contributed by atoms with E-state index < -0.39 is 0 Å². The van der Waals surface area contributed by atoms with Gasteiger partial charge in [-0.05, 0) is 37.5 Å². The van der Waals surface area contributed by atoms with Crippen LogP contribution in [0.2, 0.25) is 0 Å². The molecule has 3 aliphatic rings. The van der Waals surface area contributed by atoms with E-state index in [2.05, 4.69) is 20.8 Å². The molecule has 1 aromatic heterocycles. The Kier molecular flexibility index (Phi) is 4.31. The zero-order chi connectivity index (χ0) is 20.1. The molecule has 8 heteroatoms. The Hall–Kier alpha value is -2.87. The summed E-state index contributed by atoms with van der Waals surface area (Å²) < 4.78 is 11.1. The second kappa shape index (κ2) is 6.88. The molecule has 152 valence electrons. The van der Waals surface area contributed by atoms with Gasteiger partial charge in [0.25, 0.3) is 5.91 Å². The number of fused-ring (bicyclic) bond motifs is 2. The minimum absolute atomic E-state index is 0.0562. The number of nitrogens with zero attached hydrogens (tertiary/aromatic N) is 1. The molecule has 2 amide bonds. The van der Waals surface area contributed by atoms with E-state index in [-0.39, 0.29) is 29.8 Å². The van der Waals surface area contributed by atoms with Crippen molar-refractivity contribution in [2.45, 2.75) is 51.3 Å². The molecule has 1 unspecified atom stereocenters. The molecule has 2 aromatic rings. The second-order valence-corrected chi connectivity index (χ2v) is 8.10. The Morgan fingerprint density at radius 1 is 1.17 bits per heavy atom. The molecule has 3 atom stereocenters. The molecular formula is C21H24N4O4. The monoisotopic (exact) mass is 396 g/mol. The predicted octanol–water partition coefficient (Wildman–Crippen LogP) is 1.26. The lowest BCUT2D eigenvalue weighted by atomic mass is 9.96. The summed E-state index contributed by atoms with van der Waals surface area (Å²) in [4.78, 5) is 25.3. The van der Waals surface area contributed by atoms with E-state index >= 15 is 0 Å². The number of benzene rings is 1. The highest BCUT2D eigenvalue weighted by Crippen LogP contribution is 2.36. The topological polar surface area (TPSA) is 105 Å². The van der Waals surface area contributed by atoms with Crippen molar-refractivity contribution in [2.24, 2.45) is 0 Å². The molecule has 3 N–H and O–H groups in total. The van der Waals surface area contributed by atoms with Crippen LogP contribution in [0, 0.1) is 13.8 Å². The van der Waals surface area contributed by atoms with Crippen LogP contribution in [-0.4, -0.2) is 47.3 Å². The van der Waals surface area contributed by atoms with Gasteiger partial charge in [-0.15, -0.1) is 0 Å². The average Bonchev–Trinajstić information content (AvgIpc) is 3.11. The van der Waals surface area contributed by atoms with Gasteiger partial charge in [0.1, 0.15) is 18.3 Å². The third-order valence-electron chi connectivity index (χ3n) is 6.07. The first kappa shape index (κ1) is 18.2. The molecule has 0 spiro atoms. The molecule has 1 aromatic carbocycles. The van der Waals surface area contributed by atoms with Crippen molar-refractivity contribution in [3.63, 3.8) is 0 Å². The van der Waals surface area contributed by atoms with Crippen LogP contribution in [0.5, 0.6) is 5.75 Å². The van der Waals surface area contributed by atoms with E-state index in [0.29, 0.717) is 31.9 Å². The number of hydrogen-bond acceptors (Lipinski definition) is 5. The average molecular weight is 396 g/mol. The first-order valence-corrected chi connectivity index (χ1v) is 10.0. The Bertz CT molecular complexity index is 999. The number of aryl methyl sites for hydroxylation is 2. The Morgan fingerprint density at radius 3 is 2.83 bits per heavy atom. The molecule has 29 heavy (non-hydrogen) atoms. The third-order valence-corrected chi connectivity index (χ3v) is 6.07. The number of ether oxygens (including phenoxy) is 2. The summed E-state index contributed by atoms with van der Waals surface area (Å²) in [5, 5.41) is 13.1. The summed E-state index contributed by atoms with van der Waals surface area (Å²) in [7, 11) is 0. The van der Waals surface area contributed by atoms with Gasteiger partial charge < -0.3 is 20.1 Å². The Balaban J connectivity index is 1.19. The smallest absolute Gasteiger partial charge is 0.272 e. The predicted molar refractivity (Wildman–Crippen MR) is 104 cm³/mol. The Morgan fingerprint density at radius 2 is 1.97 bits per heavy atom. The van der Waals surface area contributed by atoms with E-state index in [0.717, 1.165) is 40.1 Å². The molecule has 8 nitrogen and oxygen atoms in total. The summed E-state index contributed by atoms with van der Waals surface area (Å²) in [6.07, 6.45) is 1.45. The first-order valence-electron chi connectivity index (χ1n) is 10.0. The maximum atomic E-state index is 12.8. The molecule has 0 bridgehead atoms. The number of rotatable bonds is 4. The highest BCUT2D eigenvalue weighted by molar-refractivity contribution is 5.94. The highest BCUT2D eigenvalue weighted by atomic mass is 16.5. The highest BCUT2D eigenvalue weighted by Gasteiger charge is 2.42. The quantitative estimate of drug-likeness (QED) is 0.722. The third kappa shape index (κ3) is 3.27. The van der Waals surface area contributed by atoms with Crippen LogP contribution < -0.4 is 15.4 Å². The first-order chi connectivity index (χ1) is 14.0. The summed E-state index contributed by atoms with van der Waals surface area (Å²) in [5.41, 5.74) is 5.43. The van der Waals surface area contributed by atoms with Gasteiger partial charge in [0.05, 0.1) is 25.3 Å². The van der Waals surface area contributed by atoms with Gasteiger partial charge in [-0.3, -0.25) is 14.7 Å². The van der Waals surface area contributed by atoms with Crippen LogP contribution in [0.3, 0.4) is 0 Å². The van der Waals surface area contributed by atoms with Crippen LogP contribution in [0.4, 0.5) is 0 Å². The number of aromatic amines is 1. The van der Waals surface area contributed by atoms with E-state index in [1.165, 1.54) is 0 Å². The van der Waals surface area contributed by atoms with Crippen molar-refractivity contribution in [3.05, 3.63) is 45.8 Å². The van der Waals surface area contributed by atoms with Gasteiger partial charge in [-0.2, -0.15) is 5.10 Å². The fourth-order valence-electron chi connectivity index (χ4n) is 4.02. The maximum Gasteiger partial charge on any atom is 0.272 e. The fourth-order valence-corrected chi connectivity index (χ4v) is 4.02. The lowest BCUT2D eigenvalue weighted by Gasteiger charge is -2.13. The molecule has 0 saturated heterocycles. The van der Waals surface area contributed by atoms with E-state index in [4.69, 9.17) is 9.47 Å². The van der Waals surface area contributed by atoms with Crippen LogP contribution in [0.1, 0.15) is 50.8 Å². The lowest BCUT2D eigenvalue weighted by molar-refractivity contribution is -0.122. The van der Waals surface area contributed by atoms with Crippen molar-refractivity contribution >= 4 is 11.8 Å². The lowest BCUT2D eigenvalue weighted by Crippen LogP contribution is -2.37. The number of amides is 2. The molecule has 0 radical (unpaired) electrons. The zero-order valence-electron chi connectivity index (χ0n) is 16.5. The molecule has 1 saturated carbocycles. The van der Waals surface area contributed by atoms with E-state index in [1.54, 1.807) is 0 Å². The van der Waals surface area contributed by atoms with Crippen LogP contribution in [-0.2, 0) is 22.6 Å². The molecular weight excluding hydrogens is 372 g/mol. The van der Waals surface area contributed by atoms with Gasteiger partial charge in [0.15, 0.2) is 5.69 Å². The van der Waals surface area contributed by atoms with E-state index in [9.17, 15) is 9.59 Å². The van der Waals surface area contributed by atoms with Crippen molar-refractivity contribution < 1.29 is 19.1 Å². The van der Waals surface area contributed by atoms with Gasteiger partial charge >= 0.3 is 0 Å². The minimum Gasteiger partial charge on any atom is -0.492 e. The van der Waals surface area contributed by atoms with Crippen molar-refractivity contribution in [2.75, 3.05) is 13.2 Å². The number of nitrogens with one attached hydrogen (secondary N) is 3. The maximum absolute atomic E-state index is 12.8. The van der Waals surface area contributed by atoms with Crippen molar-refractivity contribution in [3.8, 4) is 5.75 Å². The second-order valence-electron chi connectivity index (χ2n) is 8.10. The van der Waals surface area contributed by atoms with Gasteiger partial charge in [0.2, 0.25) is 5.91 Å². The standard InChI is InChI=1S/C21H24N4O4/c1-10-5-12-13(9-29-18(12)6-11(10)2)20(26)22-16-7-17(16)23-21(27)19-14-8-28-4-3-15(14)24-25-19/h5-6,13,16-17H,3-4,7-9H2,1-2H3,(H,22,26)(H,23,27)(H,24,25)/t13?,16-,17-/m1/s1. The van der Waals surface area contributed by atoms with E-state index in [1.807, 2.05) is 26.0 Å². The molecule has 1 fully saturated rings. The fraction of sp³-hybridized carbons (Fsp3) is 0.476. The largest absolute Gasteiger partial charge is 0.492 e. The number of carbonyl (C=O) groups excluding carboxylic acids is 2. The zero-order valence-corrected chi connectivity index (χ0v) is 16.5. The number of H-pyrrole nitrogens is 1. The summed E-state index contributed by atoms with van der Waals surface area (Å²) in [6.45, 7) is 5.47. The van der Waals surface area contributed by atoms with Crippen molar-refractivity contribution in [1.29, 1.82) is 0 Å². The minimum atomic E-state index is -0.309. The van der Waals surface area contributed by atoms with Gasteiger partial charge in [0, 0.05) is 23.2 Å². The van der Waals surface area contributed by atoms with Gasteiger partial charge in [-0.25, -0.2) is 0 Å². The Labute approximate surface area is 168 Å². The molecule has 2 aliphatic heterocycles. The van der Waals surface area contributed by atoms with Crippen molar-refractivity contribution in [1.82, 2.24) is 20.8 Å². The SMILES string of the molecule is Cc1cc2c(cc1C)C(C(=O)N[C@@H]1C[C@H]1NC(=O)c1n[nH]c3c1COCC3)CO2. The summed E-state index contributed by atoms with van der Waals surface area (Å²) in [6, 6.07) is 3.89. The summed E-state index contributed by atoms with van der Waals surface area (Å²) >= 11 is 0. The normalized spacial score (nSPS) is 24.3. The molecule has 1 aliphatic carbocycles. The number of aromatic nitrogens is 2. The van der Waals surface area contributed by atoms with Crippen LogP contribution >= 0.6 is 0 Å². The van der Waals surface area contributed by atoms with Crippen LogP contribution in [0.25, 0.3) is 0 Å². The molecule has 5 rings (SSSR count). The number of carbonyl (C=O) groups is 2.